The minimum absolute atomic E-state index is 0.280. The van der Waals surface area contributed by atoms with E-state index in [0.717, 1.165) is 0 Å². The SMILES string of the molecule is CCCC(P(C(C)C#N)C(C)C#N)S(=O)(=O)O. The largest absolute Gasteiger partial charge is 0.285 e. The zero-order valence-corrected chi connectivity index (χ0v) is 11.9. The van der Waals surface area contributed by atoms with Gasteiger partial charge in [0.1, 0.15) is 4.99 Å². The number of nitriles is 2. The van der Waals surface area contributed by atoms with Gasteiger partial charge in [-0.25, -0.2) is 0 Å². The fourth-order valence-electron chi connectivity index (χ4n) is 1.67. The summed E-state index contributed by atoms with van der Waals surface area (Å²) >= 11 is 0. The van der Waals surface area contributed by atoms with Crippen molar-refractivity contribution in [1.29, 1.82) is 10.5 Å². The van der Waals surface area contributed by atoms with Gasteiger partial charge in [0.15, 0.2) is 0 Å². The summed E-state index contributed by atoms with van der Waals surface area (Å²) in [7, 11) is -5.61. The van der Waals surface area contributed by atoms with E-state index in [-0.39, 0.29) is 6.42 Å². The Morgan fingerprint density at radius 2 is 1.65 bits per heavy atom. The van der Waals surface area contributed by atoms with Crippen LogP contribution in [0.3, 0.4) is 0 Å². The first-order valence-corrected chi connectivity index (χ1v) is 8.37. The summed E-state index contributed by atoms with van der Waals surface area (Å²) in [6.07, 6.45) is 0.863. The van der Waals surface area contributed by atoms with Gasteiger partial charge < -0.3 is 0 Å². The van der Waals surface area contributed by atoms with E-state index in [1.165, 1.54) is 0 Å². The van der Waals surface area contributed by atoms with Crippen LogP contribution in [-0.4, -0.2) is 29.3 Å². The minimum Gasteiger partial charge on any atom is -0.285 e. The Bertz CT molecular complexity index is 404. The smallest absolute Gasteiger partial charge is 0.271 e. The molecule has 0 bridgehead atoms. The summed E-state index contributed by atoms with van der Waals surface area (Å²) in [5, 5.41) is 17.8. The van der Waals surface area contributed by atoms with Crippen LogP contribution in [0.5, 0.6) is 0 Å². The number of nitrogens with zero attached hydrogens (tertiary/aromatic N) is 2. The molecule has 0 amide bonds. The Balaban J connectivity index is 5.40. The van der Waals surface area contributed by atoms with Gasteiger partial charge in [-0.1, -0.05) is 21.3 Å². The molecule has 0 fully saturated rings. The van der Waals surface area contributed by atoms with Crippen LogP contribution in [-0.2, 0) is 10.1 Å². The Morgan fingerprint density at radius 3 is 1.88 bits per heavy atom. The third-order valence-corrected chi connectivity index (χ3v) is 7.88. The van der Waals surface area contributed by atoms with Crippen molar-refractivity contribution < 1.29 is 13.0 Å². The monoisotopic (exact) mass is 276 g/mol. The molecule has 0 saturated carbocycles. The molecule has 3 unspecified atom stereocenters. The maximum atomic E-state index is 11.4. The summed E-state index contributed by atoms with van der Waals surface area (Å²) in [6.45, 7) is 5.01. The van der Waals surface area contributed by atoms with Gasteiger partial charge in [-0.05, 0) is 20.3 Å². The fraction of sp³-hybridized carbons (Fsp3) is 0.800. The van der Waals surface area contributed by atoms with E-state index >= 15 is 0 Å². The molecule has 17 heavy (non-hydrogen) atoms. The Hall–Kier alpha value is -0.680. The predicted molar refractivity (Wildman–Crippen MR) is 67.3 cm³/mol. The summed E-state index contributed by atoms with van der Waals surface area (Å²) in [5.41, 5.74) is -1.06. The first-order chi connectivity index (χ1) is 7.79. The lowest BCUT2D eigenvalue weighted by atomic mass is 10.4. The van der Waals surface area contributed by atoms with Crippen LogP contribution < -0.4 is 0 Å². The molecule has 96 valence electrons. The van der Waals surface area contributed by atoms with Gasteiger partial charge in [-0.2, -0.15) is 18.9 Å². The number of rotatable bonds is 6. The van der Waals surface area contributed by atoms with Crippen molar-refractivity contribution in [2.75, 3.05) is 0 Å². The quantitative estimate of drug-likeness (QED) is 0.592. The van der Waals surface area contributed by atoms with Crippen molar-refractivity contribution in [3.63, 3.8) is 0 Å². The van der Waals surface area contributed by atoms with Gasteiger partial charge in [0.05, 0.1) is 23.5 Å². The Morgan fingerprint density at radius 1 is 1.24 bits per heavy atom. The van der Waals surface area contributed by atoms with E-state index in [9.17, 15) is 13.0 Å². The van der Waals surface area contributed by atoms with Crippen molar-refractivity contribution >= 4 is 18.0 Å². The molecule has 0 heterocycles. The van der Waals surface area contributed by atoms with Gasteiger partial charge in [0.25, 0.3) is 10.1 Å². The number of hydrogen-bond donors (Lipinski definition) is 1. The molecule has 0 saturated heterocycles. The van der Waals surface area contributed by atoms with E-state index < -0.39 is 34.3 Å². The molecular weight excluding hydrogens is 259 g/mol. The van der Waals surface area contributed by atoms with Crippen LogP contribution in [0.4, 0.5) is 0 Å². The zero-order valence-electron chi connectivity index (χ0n) is 10.2. The van der Waals surface area contributed by atoms with Crippen molar-refractivity contribution in [1.82, 2.24) is 0 Å². The first kappa shape index (κ1) is 16.3. The molecule has 0 aromatic heterocycles. The first-order valence-electron chi connectivity index (χ1n) is 5.32. The molecule has 0 aromatic rings. The van der Waals surface area contributed by atoms with Crippen LogP contribution >= 0.6 is 7.92 Å². The van der Waals surface area contributed by atoms with Crippen molar-refractivity contribution in [2.45, 2.75) is 49.9 Å². The molecule has 0 aromatic carbocycles. The molecule has 0 aliphatic heterocycles. The average Bonchev–Trinajstić information content (AvgIpc) is 2.26. The summed E-state index contributed by atoms with van der Waals surface area (Å²) < 4.78 is 32.0. The normalized spacial score (nSPS) is 18.5. The van der Waals surface area contributed by atoms with Crippen LogP contribution in [0, 0.1) is 22.7 Å². The summed E-state index contributed by atoms with van der Waals surface area (Å²) in [4.78, 5) is -0.980. The van der Waals surface area contributed by atoms with E-state index in [1.54, 1.807) is 20.8 Å². The van der Waals surface area contributed by atoms with Crippen molar-refractivity contribution in [3.05, 3.63) is 0 Å². The van der Waals surface area contributed by atoms with E-state index in [2.05, 4.69) is 0 Å². The molecular formula is C10H17N2O3PS. The topological polar surface area (TPSA) is 102 Å². The molecule has 5 nitrogen and oxygen atoms in total. The maximum absolute atomic E-state index is 11.4. The second kappa shape index (κ2) is 6.91. The van der Waals surface area contributed by atoms with Crippen molar-refractivity contribution in [3.8, 4) is 12.1 Å². The zero-order chi connectivity index (χ0) is 13.6. The minimum atomic E-state index is -4.21. The fourth-order valence-corrected chi connectivity index (χ4v) is 7.02. The third kappa shape index (κ3) is 4.60. The second-order valence-electron chi connectivity index (χ2n) is 3.82. The van der Waals surface area contributed by atoms with E-state index in [0.29, 0.717) is 6.42 Å². The van der Waals surface area contributed by atoms with Crippen molar-refractivity contribution in [2.24, 2.45) is 0 Å². The van der Waals surface area contributed by atoms with Gasteiger partial charge in [0, 0.05) is 0 Å². The predicted octanol–water partition coefficient (Wildman–Crippen LogP) is 2.31. The van der Waals surface area contributed by atoms with Crippen LogP contribution in [0.15, 0.2) is 0 Å². The molecule has 0 aliphatic rings. The molecule has 1 N–H and O–H groups in total. The van der Waals surface area contributed by atoms with Gasteiger partial charge in [-0.3, -0.25) is 4.55 Å². The maximum Gasteiger partial charge on any atom is 0.271 e. The highest BCUT2D eigenvalue weighted by molar-refractivity contribution is 7.94. The second-order valence-corrected chi connectivity index (χ2v) is 8.83. The van der Waals surface area contributed by atoms with E-state index in [4.69, 9.17) is 10.5 Å². The van der Waals surface area contributed by atoms with Crippen LogP contribution in [0.2, 0.25) is 0 Å². The molecule has 7 heteroatoms. The Kier molecular flexibility index (Phi) is 6.64. The highest BCUT2D eigenvalue weighted by Crippen LogP contribution is 2.53. The van der Waals surface area contributed by atoms with Crippen LogP contribution in [0.1, 0.15) is 33.6 Å². The molecule has 0 spiro atoms. The highest BCUT2D eigenvalue weighted by atomic mass is 32.2. The van der Waals surface area contributed by atoms with Gasteiger partial charge >= 0.3 is 0 Å². The van der Waals surface area contributed by atoms with Crippen LogP contribution in [0.25, 0.3) is 0 Å². The highest BCUT2D eigenvalue weighted by Gasteiger charge is 2.38. The Labute approximate surface area is 104 Å². The van der Waals surface area contributed by atoms with E-state index in [1.807, 2.05) is 12.1 Å². The van der Waals surface area contributed by atoms with Gasteiger partial charge in [0.2, 0.25) is 0 Å². The molecule has 0 aliphatic carbocycles. The lowest BCUT2D eigenvalue weighted by molar-refractivity contribution is 0.475. The molecule has 0 radical (unpaired) electrons. The van der Waals surface area contributed by atoms with Gasteiger partial charge in [-0.15, -0.1) is 0 Å². The third-order valence-electron chi connectivity index (χ3n) is 2.48. The summed E-state index contributed by atoms with van der Waals surface area (Å²) in [6, 6.07) is 3.99. The average molecular weight is 276 g/mol. The lowest BCUT2D eigenvalue weighted by Gasteiger charge is -2.28. The molecule has 3 atom stereocenters. The lowest BCUT2D eigenvalue weighted by Crippen LogP contribution is -2.26. The standard InChI is InChI=1S/C10H17N2O3PS/c1-4-5-10(17(13,14)15)16(8(2)6-11)9(3)7-12/h8-10H,4-5H2,1-3H3,(H,13,14,15). The number of hydrogen-bond acceptors (Lipinski definition) is 4. The summed E-state index contributed by atoms with van der Waals surface area (Å²) in [5.74, 6) is 0. The molecule has 0 rings (SSSR count).